The summed E-state index contributed by atoms with van der Waals surface area (Å²) in [5, 5.41) is 0. The zero-order valence-electron chi connectivity index (χ0n) is 20.7. The second kappa shape index (κ2) is 22.5. The van der Waals surface area contributed by atoms with Gasteiger partial charge < -0.3 is 18.9 Å². The molecule has 0 atom stereocenters. The van der Waals surface area contributed by atoms with E-state index < -0.39 is 23.3 Å². The van der Waals surface area contributed by atoms with E-state index in [-0.39, 0.29) is 46.4 Å². The van der Waals surface area contributed by atoms with Gasteiger partial charge in [0.05, 0.1) is 38.1 Å². The zero-order valence-corrected chi connectivity index (χ0v) is 22.2. The van der Waals surface area contributed by atoms with Crippen molar-refractivity contribution in [2.24, 2.45) is 0 Å². The third kappa shape index (κ3) is 17.4. The first kappa shape index (κ1) is 34.4. The third-order valence-corrected chi connectivity index (χ3v) is 3.91. The van der Waals surface area contributed by atoms with E-state index in [9.17, 15) is 17.6 Å². The number of allylic oxidation sites excluding steroid dienone is 8. The number of ether oxygens (including phenoxy) is 4. The molecule has 196 valence electrons. The van der Waals surface area contributed by atoms with Gasteiger partial charge in [0.2, 0.25) is 0 Å². The van der Waals surface area contributed by atoms with Crippen molar-refractivity contribution in [3.63, 3.8) is 0 Å². The Balaban J connectivity index is 0.000000502. The van der Waals surface area contributed by atoms with Crippen LogP contribution >= 0.6 is 0 Å². The molecule has 0 N–H and O–H groups in total. The molecular weight excluding hydrogens is 524 g/mol. The van der Waals surface area contributed by atoms with Crippen LogP contribution in [0.3, 0.4) is 0 Å². The summed E-state index contributed by atoms with van der Waals surface area (Å²) >= 11 is 0. The summed E-state index contributed by atoms with van der Waals surface area (Å²) in [5.41, 5.74) is 0. The number of rotatable bonds is 8. The van der Waals surface area contributed by atoms with E-state index in [1.807, 2.05) is 36.4 Å². The fraction of sp³-hybridized carbons (Fsp3) is 0.286. The molecular formula is C28H28F4O4Ti. The second-order valence-corrected chi connectivity index (χ2v) is 6.66. The number of halogens is 4. The van der Waals surface area contributed by atoms with Gasteiger partial charge in [0.15, 0.2) is 0 Å². The van der Waals surface area contributed by atoms with Gasteiger partial charge in [-0.1, -0.05) is 0 Å². The molecule has 2 aliphatic rings. The molecule has 37 heavy (non-hydrogen) atoms. The molecule has 0 spiro atoms. The van der Waals surface area contributed by atoms with Crippen LogP contribution in [0, 0.1) is 47.6 Å². The summed E-state index contributed by atoms with van der Waals surface area (Å²) in [6.45, 7) is 1.17. The molecule has 9 heteroatoms. The van der Waals surface area contributed by atoms with Gasteiger partial charge in [0.1, 0.15) is 0 Å². The van der Waals surface area contributed by atoms with Crippen LogP contribution in [0.15, 0.2) is 60.7 Å². The molecule has 4 nitrogen and oxygen atoms in total. The Kier molecular flexibility index (Phi) is 20.9. The van der Waals surface area contributed by atoms with Crippen molar-refractivity contribution < 1.29 is 58.2 Å². The normalized spacial score (nSPS) is 11.8. The standard InChI is InChI=1S/2C9H9F2O2.2C5H5.Ti/c2*1-12-4-5-13-9-3-2-7(10)6-8(9)11;2*1-2-4-5-3-1;/h2*2-3H,4-5H2,1H3;2*1-3H,4H2;/q4*-1;+4. The summed E-state index contributed by atoms with van der Waals surface area (Å²) in [6, 6.07) is 8.35. The summed E-state index contributed by atoms with van der Waals surface area (Å²) in [4.78, 5) is 0. The van der Waals surface area contributed by atoms with Crippen molar-refractivity contribution in [2.45, 2.75) is 12.8 Å². The molecule has 2 aliphatic carbocycles. The van der Waals surface area contributed by atoms with E-state index in [1.165, 1.54) is 26.4 Å². The van der Waals surface area contributed by atoms with Crippen LogP contribution in [0.1, 0.15) is 12.8 Å². The van der Waals surface area contributed by atoms with E-state index in [4.69, 9.17) is 18.9 Å². The molecule has 4 rings (SSSR count). The van der Waals surface area contributed by atoms with Gasteiger partial charge in [-0.05, 0) is 0 Å². The van der Waals surface area contributed by atoms with Gasteiger partial charge in [-0.3, -0.25) is 12.2 Å². The van der Waals surface area contributed by atoms with Crippen LogP contribution in [0.5, 0.6) is 11.5 Å². The minimum Gasteiger partial charge on any atom is -0.546 e. The third-order valence-electron chi connectivity index (χ3n) is 3.91. The zero-order chi connectivity index (χ0) is 26.4. The molecule has 0 bridgehead atoms. The monoisotopic (exact) mass is 552 g/mol. The van der Waals surface area contributed by atoms with Crippen molar-refractivity contribution in [3.05, 3.63) is 108 Å². The SMILES string of the molecule is COCCOc1ccc(F)[c-]c1F.COCCOc1ccc(F)[c-]c1F.[C-]1=CC=CC1.[C-]1=CC=CC1.[Ti+4]. The van der Waals surface area contributed by atoms with Crippen LogP contribution in [0.25, 0.3) is 0 Å². The average molecular weight is 552 g/mol. The van der Waals surface area contributed by atoms with Crippen LogP contribution in [-0.4, -0.2) is 40.6 Å². The first-order valence-electron chi connectivity index (χ1n) is 10.9. The Morgan fingerprint density at radius 3 is 1.30 bits per heavy atom. The van der Waals surface area contributed by atoms with Gasteiger partial charge in [-0.15, -0.1) is 49.2 Å². The summed E-state index contributed by atoms with van der Waals surface area (Å²) in [6.07, 6.45) is 20.0. The topological polar surface area (TPSA) is 36.9 Å². The molecule has 0 heterocycles. The first-order chi connectivity index (χ1) is 17.5. The van der Waals surface area contributed by atoms with Gasteiger partial charge in [0.25, 0.3) is 0 Å². The quantitative estimate of drug-likeness (QED) is 0.170. The van der Waals surface area contributed by atoms with Gasteiger partial charge in [-0.25, -0.2) is 41.9 Å². The van der Waals surface area contributed by atoms with Crippen molar-refractivity contribution in [1.82, 2.24) is 0 Å². The second-order valence-electron chi connectivity index (χ2n) is 6.66. The van der Waals surface area contributed by atoms with Crippen molar-refractivity contribution in [2.75, 3.05) is 40.6 Å². The molecule has 0 aromatic heterocycles. The predicted octanol–water partition coefficient (Wildman–Crippen LogP) is 6.19. The van der Waals surface area contributed by atoms with Crippen LogP contribution in [-0.2, 0) is 31.2 Å². The smallest absolute Gasteiger partial charge is 0.546 e. The maximum absolute atomic E-state index is 12.8. The Bertz CT molecular complexity index is 895. The van der Waals surface area contributed by atoms with Gasteiger partial charge >= 0.3 is 21.7 Å². The molecule has 0 aliphatic heterocycles. The van der Waals surface area contributed by atoms with Crippen molar-refractivity contribution in [1.29, 1.82) is 0 Å². The Hall–Kier alpha value is -2.65. The van der Waals surface area contributed by atoms with E-state index in [0.29, 0.717) is 13.2 Å². The van der Waals surface area contributed by atoms with Crippen molar-refractivity contribution >= 4 is 0 Å². The summed E-state index contributed by atoms with van der Waals surface area (Å²) in [7, 11) is 3.02. The Morgan fingerprint density at radius 1 is 0.649 bits per heavy atom. The Morgan fingerprint density at radius 2 is 1.05 bits per heavy atom. The maximum atomic E-state index is 12.8. The van der Waals surface area contributed by atoms with Gasteiger partial charge in [-0.2, -0.15) is 12.2 Å². The van der Waals surface area contributed by atoms with Crippen molar-refractivity contribution in [3.8, 4) is 11.5 Å². The van der Waals surface area contributed by atoms with E-state index in [2.05, 4.69) is 24.3 Å². The predicted molar refractivity (Wildman–Crippen MR) is 128 cm³/mol. The largest absolute Gasteiger partial charge is 4.00 e. The van der Waals surface area contributed by atoms with Crippen LogP contribution in [0.2, 0.25) is 0 Å². The number of hydrogen-bond acceptors (Lipinski definition) is 4. The molecule has 0 saturated carbocycles. The minimum atomic E-state index is -0.823. The van der Waals surface area contributed by atoms with E-state index in [0.717, 1.165) is 25.0 Å². The average Bonchev–Trinajstić information content (AvgIpc) is 3.62. The molecule has 0 saturated heterocycles. The molecule has 2 aromatic carbocycles. The van der Waals surface area contributed by atoms with Crippen LogP contribution in [0.4, 0.5) is 17.6 Å². The van der Waals surface area contributed by atoms with E-state index >= 15 is 0 Å². The molecule has 0 amide bonds. The fourth-order valence-corrected chi connectivity index (χ4v) is 2.23. The number of methoxy groups -OCH3 is 2. The van der Waals surface area contributed by atoms with Gasteiger partial charge in [0, 0.05) is 37.4 Å². The van der Waals surface area contributed by atoms with E-state index in [1.54, 1.807) is 0 Å². The Labute approximate surface area is 231 Å². The maximum Gasteiger partial charge on any atom is 4.00 e. The number of benzene rings is 2. The minimum absolute atomic E-state index is 0. The fourth-order valence-electron chi connectivity index (χ4n) is 2.23. The summed E-state index contributed by atoms with van der Waals surface area (Å²) < 4.78 is 69.6. The number of hydrogen-bond donors (Lipinski definition) is 0. The van der Waals surface area contributed by atoms with Crippen LogP contribution < -0.4 is 9.47 Å². The molecule has 0 radical (unpaired) electrons. The summed E-state index contributed by atoms with van der Waals surface area (Å²) in [5.74, 6) is -3.16. The molecule has 0 unspecified atom stereocenters. The first-order valence-corrected chi connectivity index (χ1v) is 10.9. The molecule has 2 aromatic rings. The molecule has 0 fully saturated rings.